The first-order chi connectivity index (χ1) is 14.6. The first kappa shape index (κ1) is 20.5. The first-order valence-corrected chi connectivity index (χ1v) is 11.2. The van der Waals surface area contributed by atoms with Crippen LogP contribution in [0.4, 0.5) is 0 Å². The molecular weight excluding hydrogens is 392 g/mol. The van der Waals surface area contributed by atoms with Crippen molar-refractivity contribution in [3.8, 4) is 0 Å². The van der Waals surface area contributed by atoms with Crippen molar-refractivity contribution in [2.75, 3.05) is 13.1 Å². The van der Waals surface area contributed by atoms with Gasteiger partial charge >= 0.3 is 0 Å². The number of Topliss-reactive ketones (excluding diaryl/α,β-unsaturated/α-hetero) is 1. The highest BCUT2D eigenvalue weighted by atomic mass is 32.1. The normalized spacial score (nSPS) is 17.2. The lowest BCUT2D eigenvalue weighted by molar-refractivity contribution is -0.127. The highest BCUT2D eigenvalue weighted by Crippen LogP contribution is 2.37. The number of nitrogens with zero attached hydrogens (tertiary/aromatic N) is 1. The third kappa shape index (κ3) is 4.69. The monoisotopic (exact) mass is 418 g/mol. The zero-order chi connectivity index (χ0) is 20.9. The van der Waals surface area contributed by atoms with E-state index in [-0.39, 0.29) is 24.3 Å². The molecule has 0 saturated heterocycles. The van der Waals surface area contributed by atoms with Crippen molar-refractivity contribution in [3.63, 3.8) is 0 Å². The topological polar surface area (TPSA) is 49.4 Å². The van der Waals surface area contributed by atoms with Crippen molar-refractivity contribution in [1.82, 2.24) is 10.2 Å². The Morgan fingerprint density at radius 2 is 1.77 bits per heavy atom. The molecule has 4 nitrogen and oxygen atoms in total. The lowest BCUT2D eigenvalue weighted by Crippen LogP contribution is -2.48. The molecule has 2 aromatic carbocycles. The summed E-state index contributed by atoms with van der Waals surface area (Å²) in [6.07, 6.45) is 1.46. The fraction of sp³-hybridized carbons (Fsp3) is 0.280. The van der Waals surface area contributed by atoms with Crippen LogP contribution in [0.1, 0.15) is 34.5 Å². The zero-order valence-electron chi connectivity index (χ0n) is 17.1. The number of hydrogen-bond acceptors (Lipinski definition) is 4. The average Bonchev–Trinajstić information content (AvgIpc) is 3.23. The van der Waals surface area contributed by atoms with E-state index in [1.807, 2.05) is 48.5 Å². The van der Waals surface area contributed by atoms with Gasteiger partial charge in [0.1, 0.15) is 0 Å². The second-order valence-corrected chi connectivity index (χ2v) is 8.75. The molecule has 3 aromatic rings. The predicted molar refractivity (Wildman–Crippen MR) is 121 cm³/mol. The maximum absolute atomic E-state index is 12.9. The third-order valence-corrected chi connectivity index (χ3v) is 6.63. The molecule has 4 rings (SSSR count). The summed E-state index contributed by atoms with van der Waals surface area (Å²) < 4.78 is 0. The zero-order valence-corrected chi connectivity index (χ0v) is 17.9. The van der Waals surface area contributed by atoms with E-state index in [1.54, 1.807) is 18.3 Å². The molecule has 2 atom stereocenters. The molecule has 1 aliphatic rings. The maximum Gasteiger partial charge on any atom is 0.234 e. The minimum atomic E-state index is -0.503. The Kier molecular flexibility index (Phi) is 6.41. The van der Waals surface area contributed by atoms with Crippen LogP contribution in [0.15, 0.2) is 72.1 Å². The molecular formula is C25H26N2O2S. The molecule has 30 heavy (non-hydrogen) atoms. The number of benzene rings is 2. The summed E-state index contributed by atoms with van der Waals surface area (Å²) in [5, 5.41) is 5.11. The van der Waals surface area contributed by atoms with Crippen molar-refractivity contribution in [3.05, 3.63) is 93.7 Å². The number of carbonyl (C=O) groups excluding carboxylic acids is 2. The lowest BCUT2D eigenvalue weighted by atomic mass is 9.93. The summed E-state index contributed by atoms with van der Waals surface area (Å²) in [7, 11) is 0. The van der Waals surface area contributed by atoms with Gasteiger partial charge in [-0.25, -0.2) is 0 Å². The summed E-state index contributed by atoms with van der Waals surface area (Å²) in [5.74, 6) is -0.128. The molecule has 2 heterocycles. The largest absolute Gasteiger partial charge is 0.345 e. The van der Waals surface area contributed by atoms with Crippen LogP contribution in [-0.4, -0.2) is 35.7 Å². The van der Waals surface area contributed by atoms with Crippen molar-refractivity contribution < 1.29 is 9.59 Å². The number of thiophene rings is 1. The standard InChI is InChI=1S/C25H26N2O2S/c1-18(28)22(16-19-8-4-2-5-9-19)26-24(29)17-27-14-12-23-21(13-15-30-23)25(27)20-10-6-3-7-11-20/h2-11,13,15,22,25H,12,14,16-17H2,1H3,(H,26,29). The molecule has 0 saturated carbocycles. The molecule has 0 aliphatic carbocycles. The predicted octanol–water partition coefficient (Wildman–Crippen LogP) is 4.01. The molecule has 1 aromatic heterocycles. The minimum Gasteiger partial charge on any atom is -0.345 e. The highest BCUT2D eigenvalue weighted by Gasteiger charge is 2.31. The fourth-order valence-corrected chi connectivity index (χ4v) is 5.04. The maximum atomic E-state index is 12.9. The van der Waals surface area contributed by atoms with E-state index in [2.05, 4.69) is 33.8 Å². The molecule has 0 radical (unpaired) electrons. The Labute approximate surface area is 181 Å². The van der Waals surface area contributed by atoms with Gasteiger partial charge in [-0.15, -0.1) is 11.3 Å². The van der Waals surface area contributed by atoms with E-state index in [9.17, 15) is 9.59 Å². The van der Waals surface area contributed by atoms with Crippen LogP contribution in [-0.2, 0) is 22.4 Å². The fourth-order valence-electron chi connectivity index (χ4n) is 4.13. The quantitative estimate of drug-likeness (QED) is 0.631. The second kappa shape index (κ2) is 9.37. The van der Waals surface area contributed by atoms with E-state index in [1.165, 1.54) is 16.0 Å². The van der Waals surface area contributed by atoms with Crippen molar-refractivity contribution >= 4 is 23.0 Å². The van der Waals surface area contributed by atoms with Gasteiger partial charge in [-0.3, -0.25) is 14.5 Å². The van der Waals surface area contributed by atoms with Gasteiger partial charge in [-0.1, -0.05) is 60.7 Å². The van der Waals surface area contributed by atoms with Gasteiger partial charge in [0.05, 0.1) is 18.6 Å². The summed E-state index contributed by atoms with van der Waals surface area (Å²) in [4.78, 5) is 28.7. The molecule has 0 bridgehead atoms. The smallest absolute Gasteiger partial charge is 0.234 e. The van der Waals surface area contributed by atoms with E-state index < -0.39 is 6.04 Å². The Hall–Kier alpha value is -2.76. The van der Waals surface area contributed by atoms with Crippen molar-refractivity contribution in [2.24, 2.45) is 0 Å². The summed E-state index contributed by atoms with van der Waals surface area (Å²) in [6.45, 7) is 2.64. The average molecular weight is 419 g/mol. The molecule has 2 unspecified atom stereocenters. The summed E-state index contributed by atoms with van der Waals surface area (Å²) in [6, 6.07) is 21.9. The number of fused-ring (bicyclic) bond motifs is 1. The van der Waals surface area contributed by atoms with Gasteiger partial charge in [0.25, 0.3) is 0 Å². The van der Waals surface area contributed by atoms with Crippen LogP contribution in [0.3, 0.4) is 0 Å². The molecule has 154 valence electrons. The van der Waals surface area contributed by atoms with Crippen molar-refractivity contribution in [1.29, 1.82) is 0 Å². The molecule has 1 amide bonds. The van der Waals surface area contributed by atoms with Crippen LogP contribution in [0.5, 0.6) is 0 Å². The number of rotatable bonds is 7. The minimum absolute atomic E-state index is 0.0226. The molecule has 0 spiro atoms. The molecule has 5 heteroatoms. The van der Waals surface area contributed by atoms with Crippen LogP contribution in [0.25, 0.3) is 0 Å². The molecule has 0 fully saturated rings. The van der Waals surface area contributed by atoms with Crippen LogP contribution >= 0.6 is 11.3 Å². The Morgan fingerprint density at radius 3 is 2.47 bits per heavy atom. The molecule has 1 aliphatic heterocycles. The van der Waals surface area contributed by atoms with E-state index in [0.717, 1.165) is 18.5 Å². The lowest BCUT2D eigenvalue weighted by Gasteiger charge is -2.36. The van der Waals surface area contributed by atoms with E-state index >= 15 is 0 Å². The summed E-state index contributed by atoms with van der Waals surface area (Å²) >= 11 is 1.79. The van der Waals surface area contributed by atoms with Gasteiger partial charge in [-0.05, 0) is 47.9 Å². The van der Waals surface area contributed by atoms with Gasteiger partial charge in [0.15, 0.2) is 5.78 Å². The number of hydrogen-bond donors (Lipinski definition) is 1. The van der Waals surface area contributed by atoms with Crippen LogP contribution < -0.4 is 5.32 Å². The number of amides is 1. The van der Waals surface area contributed by atoms with Crippen LogP contribution in [0, 0.1) is 0 Å². The van der Waals surface area contributed by atoms with Gasteiger partial charge < -0.3 is 5.32 Å². The SMILES string of the molecule is CC(=O)C(Cc1ccccc1)NC(=O)CN1CCc2sccc2C1c1ccccc1. The van der Waals surface area contributed by atoms with Crippen LogP contribution in [0.2, 0.25) is 0 Å². The van der Waals surface area contributed by atoms with Gasteiger partial charge in [0, 0.05) is 11.4 Å². The third-order valence-electron chi connectivity index (χ3n) is 5.64. The number of nitrogens with one attached hydrogen (secondary N) is 1. The Bertz CT molecular complexity index is 1000. The summed E-state index contributed by atoms with van der Waals surface area (Å²) in [5.41, 5.74) is 3.52. The Balaban J connectivity index is 1.49. The van der Waals surface area contributed by atoms with Crippen molar-refractivity contribution in [2.45, 2.75) is 31.8 Å². The van der Waals surface area contributed by atoms with Gasteiger partial charge in [-0.2, -0.15) is 0 Å². The Morgan fingerprint density at radius 1 is 1.07 bits per heavy atom. The van der Waals surface area contributed by atoms with E-state index in [4.69, 9.17) is 0 Å². The highest BCUT2D eigenvalue weighted by molar-refractivity contribution is 7.10. The molecule has 1 N–H and O–H groups in total. The number of ketones is 1. The van der Waals surface area contributed by atoms with Gasteiger partial charge in [0.2, 0.25) is 5.91 Å². The number of carbonyl (C=O) groups is 2. The first-order valence-electron chi connectivity index (χ1n) is 10.3. The van der Waals surface area contributed by atoms with E-state index in [0.29, 0.717) is 6.42 Å². The second-order valence-electron chi connectivity index (χ2n) is 7.75.